The molecule has 0 aliphatic carbocycles. The van der Waals surface area contributed by atoms with Crippen molar-refractivity contribution in [1.29, 1.82) is 0 Å². The van der Waals surface area contributed by atoms with E-state index in [0.29, 0.717) is 10.4 Å². The van der Waals surface area contributed by atoms with Crippen LogP contribution in [0.2, 0.25) is 5.02 Å². The molecular weight excluding hydrogens is 282 g/mol. The highest BCUT2D eigenvalue weighted by Crippen LogP contribution is 2.22. The number of halogens is 1. The van der Waals surface area contributed by atoms with Gasteiger partial charge in [0.15, 0.2) is 0 Å². The van der Waals surface area contributed by atoms with Crippen LogP contribution in [0.4, 0.5) is 0 Å². The van der Waals surface area contributed by atoms with Crippen molar-refractivity contribution >= 4 is 22.4 Å². The predicted octanol–water partition coefficient (Wildman–Crippen LogP) is 4.98. The van der Waals surface area contributed by atoms with Crippen molar-refractivity contribution in [3.63, 3.8) is 0 Å². The Balaban J connectivity index is 0.000000774. The van der Waals surface area contributed by atoms with Crippen LogP contribution in [0.15, 0.2) is 59.4 Å². The highest BCUT2D eigenvalue weighted by Gasteiger charge is 2.10. The number of aryl methyl sites for hydroxylation is 1. The molecule has 0 fully saturated rings. The van der Waals surface area contributed by atoms with E-state index in [9.17, 15) is 4.79 Å². The second kappa shape index (κ2) is 6.59. The first-order valence-electron chi connectivity index (χ1n) is 7.05. The van der Waals surface area contributed by atoms with Gasteiger partial charge in [-0.2, -0.15) is 0 Å². The quantitative estimate of drug-likeness (QED) is 0.621. The van der Waals surface area contributed by atoms with E-state index in [2.05, 4.69) is 0 Å². The van der Waals surface area contributed by atoms with Gasteiger partial charge in [-0.25, -0.2) is 0 Å². The standard InChI is InChI=1S/C16H12ClNO.C2H6/c1-11-10-12-6-5-9-14(17)15(12)16(19)18(11)13-7-3-2-4-8-13;1-2/h2-10H,1H3;1-2H3. The van der Waals surface area contributed by atoms with Crippen molar-refractivity contribution in [3.05, 3.63) is 75.7 Å². The third-order valence-electron chi connectivity index (χ3n) is 3.19. The van der Waals surface area contributed by atoms with Gasteiger partial charge in [-0.05, 0) is 36.6 Å². The number of hydrogen-bond donors (Lipinski definition) is 0. The lowest BCUT2D eigenvalue weighted by molar-refractivity contribution is 0.951. The van der Waals surface area contributed by atoms with Gasteiger partial charge < -0.3 is 0 Å². The monoisotopic (exact) mass is 299 g/mol. The van der Waals surface area contributed by atoms with Gasteiger partial charge in [0.25, 0.3) is 5.56 Å². The molecule has 0 aliphatic rings. The minimum atomic E-state index is -0.0770. The minimum Gasteiger partial charge on any atom is -0.281 e. The Morgan fingerprint density at radius 2 is 1.62 bits per heavy atom. The van der Waals surface area contributed by atoms with Crippen molar-refractivity contribution in [2.24, 2.45) is 0 Å². The second-order valence-corrected chi connectivity index (χ2v) is 4.87. The van der Waals surface area contributed by atoms with Crippen LogP contribution in [0, 0.1) is 6.92 Å². The van der Waals surface area contributed by atoms with Crippen LogP contribution in [-0.4, -0.2) is 4.57 Å². The largest absolute Gasteiger partial charge is 0.281 e. The topological polar surface area (TPSA) is 22.0 Å². The Morgan fingerprint density at radius 3 is 2.29 bits per heavy atom. The smallest absolute Gasteiger partial charge is 0.264 e. The average molecular weight is 300 g/mol. The summed E-state index contributed by atoms with van der Waals surface area (Å²) in [5.41, 5.74) is 1.67. The van der Waals surface area contributed by atoms with Crippen LogP contribution in [0.3, 0.4) is 0 Å². The maximum Gasteiger partial charge on any atom is 0.264 e. The number of benzene rings is 2. The molecule has 3 heteroatoms. The number of pyridine rings is 1. The fourth-order valence-electron chi connectivity index (χ4n) is 2.35. The molecular formula is C18H18ClNO. The van der Waals surface area contributed by atoms with Gasteiger partial charge in [0.05, 0.1) is 10.4 Å². The SMILES string of the molecule is CC.Cc1cc2cccc(Cl)c2c(=O)n1-c1ccccc1. The van der Waals surface area contributed by atoms with Crippen molar-refractivity contribution in [2.45, 2.75) is 20.8 Å². The van der Waals surface area contributed by atoms with Crippen molar-refractivity contribution in [3.8, 4) is 5.69 Å². The van der Waals surface area contributed by atoms with Crippen molar-refractivity contribution in [1.82, 2.24) is 4.57 Å². The van der Waals surface area contributed by atoms with Gasteiger partial charge in [0.1, 0.15) is 0 Å². The fraction of sp³-hybridized carbons (Fsp3) is 0.167. The van der Waals surface area contributed by atoms with Gasteiger partial charge in [0, 0.05) is 11.4 Å². The van der Waals surface area contributed by atoms with Crippen LogP contribution in [0.1, 0.15) is 19.5 Å². The summed E-state index contributed by atoms with van der Waals surface area (Å²) in [6.45, 7) is 5.93. The Hall–Kier alpha value is -2.06. The summed E-state index contributed by atoms with van der Waals surface area (Å²) in [4.78, 5) is 12.6. The van der Waals surface area contributed by atoms with E-state index >= 15 is 0 Å². The first-order chi connectivity index (χ1) is 10.2. The predicted molar refractivity (Wildman–Crippen MR) is 90.6 cm³/mol. The molecule has 0 spiro atoms. The summed E-state index contributed by atoms with van der Waals surface area (Å²) in [5, 5.41) is 1.94. The molecule has 0 saturated carbocycles. The molecule has 0 N–H and O–H groups in total. The van der Waals surface area contributed by atoms with Crippen molar-refractivity contribution < 1.29 is 0 Å². The van der Waals surface area contributed by atoms with Gasteiger partial charge in [-0.3, -0.25) is 9.36 Å². The van der Waals surface area contributed by atoms with E-state index in [1.165, 1.54) is 0 Å². The van der Waals surface area contributed by atoms with E-state index in [0.717, 1.165) is 16.8 Å². The van der Waals surface area contributed by atoms with Crippen LogP contribution in [0.5, 0.6) is 0 Å². The average Bonchev–Trinajstić information content (AvgIpc) is 2.50. The Morgan fingerprint density at radius 1 is 0.952 bits per heavy atom. The van der Waals surface area contributed by atoms with Gasteiger partial charge in [-0.1, -0.05) is 55.8 Å². The number of hydrogen-bond acceptors (Lipinski definition) is 1. The lowest BCUT2D eigenvalue weighted by Gasteiger charge is -2.12. The normalized spacial score (nSPS) is 10.1. The zero-order valence-electron chi connectivity index (χ0n) is 12.4. The number of fused-ring (bicyclic) bond motifs is 1. The van der Waals surface area contributed by atoms with Crippen molar-refractivity contribution in [2.75, 3.05) is 0 Å². The number of rotatable bonds is 1. The van der Waals surface area contributed by atoms with Gasteiger partial charge >= 0.3 is 0 Å². The molecule has 2 nitrogen and oxygen atoms in total. The molecule has 2 aromatic carbocycles. The summed E-state index contributed by atoms with van der Waals surface area (Å²) >= 11 is 6.16. The molecule has 0 bridgehead atoms. The zero-order valence-corrected chi connectivity index (χ0v) is 13.2. The van der Waals surface area contributed by atoms with E-state index in [4.69, 9.17) is 11.6 Å². The molecule has 1 heterocycles. The molecule has 3 aromatic rings. The number of aromatic nitrogens is 1. The van der Waals surface area contributed by atoms with E-state index in [1.54, 1.807) is 10.6 Å². The highest BCUT2D eigenvalue weighted by molar-refractivity contribution is 6.35. The van der Waals surface area contributed by atoms with Crippen LogP contribution < -0.4 is 5.56 Å². The summed E-state index contributed by atoms with van der Waals surface area (Å²) in [6, 6.07) is 17.1. The molecule has 0 aliphatic heterocycles. The number of nitrogens with zero attached hydrogens (tertiary/aromatic N) is 1. The molecule has 108 valence electrons. The fourth-order valence-corrected chi connectivity index (χ4v) is 2.61. The van der Waals surface area contributed by atoms with E-state index in [1.807, 2.05) is 69.3 Å². The Bertz CT molecular complexity index is 807. The zero-order chi connectivity index (χ0) is 15.4. The molecule has 0 unspecified atom stereocenters. The summed E-state index contributed by atoms with van der Waals surface area (Å²) in [6.07, 6.45) is 0. The molecule has 0 amide bonds. The minimum absolute atomic E-state index is 0.0770. The number of para-hydroxylation sites is 1. The van der Waals surface area contributed by atoms with Crippen LogP contribution >= 0.6 is 11.6 Å². The molecule has 3 rings (SSSR count). The first kappa shape index (κ1) is 15.3. The molecule has 0 atom stereocenters. The molecule has 21 heavy (non-hydrogen) atoms. The molecule has 1 aromatic heterocycles. The van der Waals surface area contributed by atoms with Crippen LogP contribution in [-0.2, 0) is 0 Å². The third kappa shape index (κ3) is 2.86. The summed E-state index contributed by atoms with van der Waals surface area (Å²) in [7, 11) is 0. The maximum absolute atomic E-state index is 12.6. The third-order valence-corrected chi connectivity index (χ3v) is 3.51. The van der Waals surface area contributed by atoms with Gasteiger partial charge in [0.2, 0.25) is 0 Å². The Kier molecular flexibility index (Phi) is 4.81. The molecule has 0 radical (unpaired) electrons. The summed E-state index contributed by atoms with van der Waals surface area (Å²) in [5.74, 6) is 0. The maximum atomic E-state index is 12.6. The summed E-state index contributed by atoms with van der Waals surface area (Å²) < 4.78 is 1.69. The molecule has 0 saturated heterocycles. The van der Waals surface area contributed by atoms with Gasteiger partial charge in [-0.15, -0.1) is 0 Å². The second-order valence-electron chi connectivity index (χ2n) is 4.47. The Labute approximate surface area is 129 Å². The highest BCUT2D eigenvalue weighted by atomic mass is 35.5. The lowest BCUT2D eigenvalue weighted by atomic mass is 10.1. The first-order valence-corrected chi connectivity index (χ1v) is 7.42. The van der Waals surface area contributed by atoms with E-state index in [-0.39, 0.29) is 5.56 Å². The lowest BCUT2D eigenvalue weighted by Crippen LogP contribution is -2.20. The van der Waals surface area contributed by atoms with Crippen LogP contribution in [0.25, 0.3) is 16.5 Å². The van der Waals surface area contributed by atoms with E-state index < -0.39 is 0 Å².